The lowest BCUT2D eigenvalue weighted by Gasteiger charge is -2.16. The maximum atomic E-state index is 11.9. The van der Waals surface area contributed by atoms with Crippen molar-refractivity contribution in [2.75, 3.05) is 13.1 Å². The number of imidazole rings is 1. The van der Waals surface area contributed by atoms with Crippen LogP contribution in [0.3, 0.4) is 0 Å². The summed E-state index contributed by atoms with van der Waals surface area (Å²) < 4.78 is 8.05. The van der Waals surface area contributed by atoms with Crippen LogP contribution in [0.15, 0.2) is 30.9 Å². The van der Waals surface area contributed by atoms with Gasteiger partial charge in [-0.15, -0.1) is 0 Å². The number of nitrogens with zero attached hydrogens (tertiary/aromatic N) is 6. The first-order valence-electron chi connectivity index (χ1n) is 9.69. The molecule has 0 radical (unpaired) electrons. The van der Waals surface area contributed by atoms with Crippen LogP contribution in [0.1, 0.15) is 19.8 Å². The summed E-state index contributed by atoms with van der Waals surface area (Å²) in [6.45, 7) is 3.16. The van der Waals surface area contributed by atoms with E-state index >= 15 is 0 Å². The summed E-state index contributed by atoms with van der Waals surface area (Å²) in [5.74, 6) is 1.34. The second-order valence-corrected chi connectivity index (χ2v) is 7.21. The highest BCUT2D eigenvalue weighted by atomic mass is 16.5. The topological polar surface area (TPSA) is 102 Å². The molecule has 9 nitrogen and oxygen atoms in total. The molecule has 1 fully saturated rings. The maximum absolute atomic E-state index is 11.9. The van der Waals surface area contributed by atoms with E-state index in [9.17, 15) is 4.79 Å². The van der Waals surface area contributed by atoms with Gasteiger partial charge in [-0.25, -0.2) is 15.0 Å². The number of hydrogen-bond acceptors (Lipinski definition) is 6. The lowest BCUT2D eigenvalue weighted by Crippen LogP contribution is -2.30. The Balaban J connectivity index is 1.48. The van der Waals surface area contributed by atoms with E-state index in [2.05, 4.69) is 19.9 Å². The Morgan fingerprint density at radius 3 is 3.10 bits per heavy atom. The smallest absolute Gasteiger partial charge is 0.245 e. The summed E-state index contributed by atoms with van der Waals surface area (Å²) in [6, 6.07) is 4.02. The molecule has 0 spiro atoms. The molecular weight excluding hydrogens is 370 g/mol. The number of nitrogens with one attached hydrogen (secondary N) is 1. The van der Waals surface area contributed by atoms with Gasteiger partial charge in [-0.05, 0) is 12.1 Å². The number of likely N-dealkylation sites (tertiary alicyclic amines) is 1. The molecule has 1 amide bonds. The molecule has 9 heteroatoms. The molecule has 1 saturated heterocycles. The van der Waals surface area contributed by atoms with Gasteiger partial charge in [-0.2, -0.15) is 4.98 Å². The molecule has 4 aromatic rings. The number of pyridine rings is 1. The van der Waals surface area contributed by atoms with Crippen LogP contribution in [0, 0.1) is 0 Å². The first-order valence-corrected chi connectivity index (χ1v) is 9.69. The van der Waals surface area contributed by atoms with Gasteiger partial charge in [0.2, 0.25) is 11.8 Å². The van der Waals surface area contributed by atoms with Crippen LogP contribution in [-0.4, -0.2) is 59.5 Å². The first kappa shape index (κ1) is 17.6. The highest BCUT2D eigenvalue weighted by molar-refractivity contribution is 5.84. The average Bonchev–Trinajstić information content (AvgIpc) is 3.46. The van der Waals surface area contributed by atoms with Crippen molar-refractivity contribution in [3.05, 3.63) is 30.9 Å². The lowest BCUT2D eigenvalue weighted by molar-refractivity contribution is -0.130. The van der Waals surface area contributed by atoms with Crippen molar-refractivity contribution in [1.29, 1.82) is 0 Å². The Morgan fingerprint density at radius 2 is 2.24 bits per heavy atom. The average molecular weight is 391 g/mol. The monoisotopic (exact) mass is 391 g/mol. The van der Waals surface area contributed by atoms with E-state index in [1.807, 2.05) is 41.8 Å². The Kier molecular flexibility index (Phi) is 4.15. The third-order valence-electron chi connectivity index (χ3n) is 5.36. The fourth-order valence-corrected chi connectivity index (χ4v) is 3.82. The van der Waals surface area contributed by atoms with Crippen LogP contribution >= 0.6 is 0 Å². The van der Waals surface area contributed by atoms with Crippen molar-refractivity contribution >= 4 is 28.1 Å². The quantitative estimate of drug-likeness (QED) is 0.573. The van der Waals surface area contributed by atoms with Gasteiger partial charge in [0.25, 0.3) is 0 Å². The molecule has 0 aromatic carbocycles. The SMILES string of the molecule is CCC(=O)N1CCC(Oc2ncnc3c2nc(-c2cnc4[nH]ccc4c2)n3C)C1. The number of fused-ring (bicyclic) bond motifs is 2. The van der Waals surface area contributed by atoms with Crippen LogP contribution in [-0.2, 0) is 11.8 Å². The Labute approximate surface area is 166 Å². The fourth-order valence-electron chi connectivity index (χ4n) is 3.82. The summed E-state index contributed by atoms with van der Waals surface area (Å²) in [4.78, 5) is 34.8. The van der Waals surface area contributed by atoms with Crippen molar-refractivity contribution in [3.63, 3.8) is 0 Å². The van der Waals surface area contributed by atoms with Gasteiger partial charge in [0.05, 0.1) is 6.54 Å². The second kappa shape index (κ2) is 6.84. The minimum Gasteiger partial charge on any atom is -0.471 e. The molecule has 5 rings (SSSR count). The Morgan fingerprint density at radius 1 is 1.34 bits per heavy atom. The largest absolute Gasteiger partial charge is 0.471 e. The Hall–Kier alpha value is -3.49. The van der Waals surface area contributed by atoms with E-state index in [1.54, 1.807) is 6.20 Å². The molecule has 29 heavy (non-hydrogen) atoms. The zero-order valence-corrected chi connectivity index (χ0v) is 16.3. The molecule has 4 aromatic heterocycles. The number of hydrogen-bond donors (Lipinski definition) is 1. The van der Waals surface area contributed by atoms with Crippen LogP contribution < -0.4 is 4.74 Å². The molecule has 1 aliphatic rings. The van der Waals surface area contributed by atoms with E-state index in [-0.39, 0.29) is 12.0 Å². The second-order valence-electron chi connectivity index (χ2n) is 7.21. The number of rotatable bonds is 4. The van der Waals surface area contributed by atoms with Crippen LogP contribution in [0.4, 0.5) is 0 Å². The number of aromatic amines is 1. The van der Waals surface area contributed by atoms with Crippen molar-refractivity contribution in [3.8, 4) is 17.3 Å². The predicted octanol–water partition coefficient (Wildman–Crippen LogP) is 2.30. The number of aromatic nitrogens is 6. The van der Waals surface area contributed by atoms with Gasteiger partial charge in [0.1, 0.15) is 23.9 Å². The standard InChI is InChI=1S/C20H21N7O2/c1-3-15(28)27-7-5-14(10-27)29-20-16-19(23-11-24-20)26(2)18(25-16)13-8-12-4-6-21-17(12)22-9-13/h4,6,8-9,11,14H,3,5,7,10H2,1-2H3,(H,21,22). The van der Waals surface area contributed by atoms with Crippen LogP contribution in [0.25, 0.3) is 33.6 Å². The minimum atomic E-state index is -0.0908. The van der Waals surface area contributed by atoms with Gasteiger partial charge in [-0.1, -0.05) is 6.92 Å². The van der Waals surface area contributed by atoms with Gasteiger partial charge in [0.15, 0.2) is 11.2 Å². The molecule has 0 saturated carbocycles. The molecule has 0 bridgehead atoms. The molecule has 5 heterocycles. The molecule has 1 N–H and O–H groups in total. The van der Waals surface area contributed by atoms with Crippen molar-refractivity contribution in [2.45, 2.75) is 25.9 Å². The van der Waals surface area contributed by atoms with E-state index in [0.29, 0.717) is 36.6 Å². The van der Waals surface area contributed by atoms with Gasteiger partial charge < -0.3 is 19.2 Å². The first-order chi connectivity index (χ1) is 14.1. The highest BCUT2D eigenvalue weighted by Crippen LogP contribution is 2.29. The zero-order chi connectivity index (χ0) is 20.0. The van der Waals surface area contributed by atoms with E-state index in [4.69, 9.17) is 9.72 Å². The van der Waals surface area contributed by atoms with Crippen molar-refractivity contribution < 1.29 is 9.53 Å². The summed E-state index contributed by atoms with van der Waals surface area (Å²) in [5, 5.41) is 1.02. The predicted molar refractivity (Wildman–Crippen MR) is 107 cm³/mol. The highest BCUT2D eigenvalue weighted by Gasteiger charge is 2.28. The normalized spacial score (nSPS) is 16.8. The van der Waals surface area contributed by atoms with E-state index < -0.39 is 0 Å². The number of aryl methyl sites for hydroxylation is 1. The van der Waals surface area contributed by atoms with Crippen LogP contribution in [0.5, 0.6) is 5.88 Å². The van der Waals surface area contributed by atoms with Gasteiger partial charge >= 0.3 is 0 Å². The molecule has 1 atom stereocenters. The number of amides is 1. The molecule has 0 aliphatic carbocycles. The number of H-pyrrole nitrogens is 1. The van der Waals surface area contributed by atoms with Gasteiger partial charge in [-0.3, -0.25) is 4.79 Å². The number of carbonyl (C=O) groups is 1. The van der Waals surface area contributed by atoms with Gasteiger partial charge in [0, 0.05) is 49.8 Å². The summed E-state index contributed by atoms with van der Waals surface area (Å²) >= 11 is 0. The zero-order valence-electron chi connectivity index (χ0n) is 16.3. The summed E-state index contributed by atoms with van der Waals surface area (Å²) in [7, 11) is 1.92. The summed E-state index contributed by atoms with van der Waals surface area (Å²) in [6.07, 6.45) is 6.34. The fraction of sp³-hybridized carbons (Fsp3) is 0.350. The third-order valence-corrected chi connectivity index (χ3v) is 5.36. The number of ether oxygens (including phenoxy) is 1. The maximum Gasteiger partial charge on any atom is 0.245 e. The van der Waals surface area contributed by atoms with Crippen molar-refractivity contribution in [2.24, 2.45) is 7.05 Å². The van der Waals surface area contributed by atoms with E-state index in [1.165, 1.54) is 6.33 Å². The molecular formula is C20H21N7O2. The number of carbonyl (C=O) groups excluding carboxylic acids is 1. The molecule has 1 aliphatic heterocycles. The third kappa shape index (κ3) is 2.98. The Bertz CT molecular complexity index is 1210. The summed E-state index contributed by atoms with van der Waals surface area (Å²) in [5.41, 5.74) is 3.03. The van der Waals surface area contributed by atoms with Crippen molar-refractivity contribution in [1.82, 2.24) is 34.4 Å². The van der Waals surface area contributed by atoms with E-state index in [0.717, 1.165) is 28.8 Å². The molecule has 1 unspecified atom stereocenters. The lowest BCUT2D eigenvalue weighted by atomic mass is 10.2. The molecule has 148 valence electrons. The van der Waals surface area contributed by atoms with Crippen LogP contribution in [0.2, 0.25) is 0 Å². The minimum absolute atomic E-state index is 0.0908.